The Labute approximate surface area is 173 Å². The van der Waals surface area contributed by atoms with Gasteiger partial charge in [0.1, 0.15) is 12.6 Å². The quantitative estimate of drug-likeness (QED) is 0.641. The molecule has 1 saturated heterocycles. The first-order valence-electron chi connectivity index (χ1n) is 9.86. The Hall–Kier alpha value is -2.68. The number of hydrogen-bond acceptors (Lipinski definition) is 5. The Morgan fingerprint density at radius 3 is 2.79 bits per heavy atom. The number of piperidine rings is 1. The maximum Gasteiger partial charge on any atom is 0.231 e. The highest BCUT2D eigenvalue weighted by molar-refractivity contribution is 7.71. The molecule has 0 saturated carbocycles. The zero-order valence-electron chi connectivity index (χ0n) is 16.0. The van der Waals surface area contributed by atoms with Crippen LogP contribution in [0.4, 0.5) is 0 Å². The number of rotatable bonds is 4. The van der Waals surface area contributed by atoms with Gasteiger partial charge in [-0.05, 0) is 55.4 Å². The van der Waals surface area contributed by atoms with Crippen LogP contribution in [0.2, 0.25) is 0 Å². The molecule has 2 atom stereocenters. The van der Waals surface area contributed by atoms with Crippen molar-refractivity contribution in [2.24, 2.45) is 0 Å². The van der Waals surface area contributed by atoms with E-state index in [1.54, 1.807) is 0 Å². The number of quaternary nitrogens is 1. The fraction of sp³-hybridized carbons (Fsp3) is 0.333. The van der Waals surface area contributed by atoms with Gasteiger partial charge in [-0.15, -0.1) is 5.10 Å². The molecule has 3 aromatic rings. The summed E-state index contributed by atoms with van der Waals surface area (Å²) in [4.78, 5) is 1.29. The van der Waals surface area contributed by atoms with Crippen LogP contribution in [0.5, 0.6) is 11.5 Å². The monoisotopic (exact) mass is 411 g/mol. The van der Waals surface area contributed by atoms with Gasteiger partial charge in [0.25, 0.3) is 0 Å². The van der Waals surface area contributed by atoms with E-state index in [1.807, 2.05) is 57.8 Å². The highest BCUT2D eigenvalue weighted by Gasteiger charge is 2.24. The van der Waals surface area contributed by atoms with Gasteiger partial charge in [0.05, 0.1) is 6.54 Å². The molecule has 2 aromatic carbocycles. The highest BCUT2D eigenvalue weighted by atomic mass is 32.1. The summed E-state index contributed by atoms with van der Waals surface area (Å²) in [6.45, 7) is 2.60. The maximum atomic E-state index is 10.0. The third kappa shape index (κ3) is 3.55. The summed E-state index contributed by atoms with van der Waals surface area (Å²) in [6.07, 6.45) is 1.63. The van der Waals surface area contributed by atoms with Crippen molar-refractivity contribution in [1.29, 1.82) is 0 Å². The van der Waals surface area contributed by atoms with Gasteiger partial charge in [-0.2, -0.15) is 4.68 Å². The summed E-state index contributed by atoms with van der Waals surface area (Å²) < 4.78 is 15.5. The molecule has 0 aliphatic carbocycles. The van der Waals surface area contributed by atoms with Gasteiger partial charge >= 0.3 is 0 Å². The van der Waals surface area contributed by atoms with Crippen LogP contribution in [-0.4, -0.2) is 45.4 Å². The molecule has 0 bridgehead atoms. The van der Waals surface area contributed by atoms with Gasteiger partial charge in [0.2, 0.25) is 11.6 Å². The number of ether oxygens (including phenoxy) is 2. The van der Waals surface area contributed by atoms with Crippen LogP contribution in [0.3, 0.4) is 0 Å². The van der Waals surface area contributed by atoms with E-state index in [1.165, 1.54) is 4.90 Å². The molecule has 5 rings (SSSR count). The lowest BCUT2D eigenvalue weighted by Gasteiger charge is -2.26. The fourth-order valence-electron chi connectivity index (χ4n) is 4.02. The first-order valence-corrected chi connectivity index (χ1v) is 10.3. The Bertz CT molecular complexity index is 1080. The number of benzene rings is 2. The zero-order chi connectivity index (χ0) is 19.8. The molecular weight excluding hydrogens is 388 g/mol. The van der Waals surface area contributed by atoms with E-state index in [9.17, 15) is 5.11 Å². The molecule has 0 radical (unpaired) electrons. The third-order valence-corrected chi connectivity index (χ3v) is 5.84. The van der Waals surface area contributed by atoms with Gasteiger partial charge in [0.15, 0.2) is 24.0 Å². The molecule has 29 heavy (non-hydrogen) atoms. The van der Waals surface area contributed by atoms with Gasteiger partial charge in [0, 0.05) is 11.3 Å². The zero-order valence-corrected chi connectivity index (χ0v) is 16.8. The van der Waals surface area contributed by atoms with Crippen LogP contribution >= 0.6 is 12.2 Å². The van der Waals surface area contributed by atoms with Crippen molar-refractivity contribution < 1.29 is 19.5 Å². The number of likely N-dealkylation sites (tertiary alicyclic amines) is 1. The summed E-state index contributed by atoms with van der Waals surface area (Å²) in [5.41, 5.74) is 1.88. The number of hydrogen-bond donors (Lipinski definition) is 2. The van der Waals surface area contributed by atoms with Crippen LogP contribution in [-0.2, 0) is 6.67 Å². The minimum atomic E-state index is -0.252. The topological polar surface area (TPSA) is 65.9 Å². The summed E-state index contributed by atoms with van der Waals surface area (Å²) >= 11 is 5.82. The summed E-state index contributed by atoms with van der Waals surface area (Å²) in [6, 6.07) is 15.8. The van der Waals surface area contributed by atoms with Crippen molar-refractivity contribution >= 4 is 12.2 Å². The van der Waals surface area contributed by atoms with Crippen molar-refractivity contribution in [3.05, 3.63) is 53.3 Å². The molecule has 2 aliphatic rings. The smallest absolute Gasteiger partial charge is 0.231 e. The minimum absolute atomic E-state index is 0.235. The van der Waals surface area contributed by atoms with E-state index in [0.29, 0.717) is 17.2 Å². The van der Waals surface area contributed by atoms with Crippen LogP contribution in [0.1, 0.15) is 12.8 Å². The Morgan fingerprint density at radius 1 is 1.14 bits per heavy atom. The molecule has 2 aliphatic heterocycles. The lowest BCUT2D eigenvalue weighted by atomic mass is 10.1. The lowest BCUT2D eigenvalue weighted by molar-refractivity contribution is -0.931. The number of para-hydroxylation sites is 1. The van der Waals surface area contributed by atoms with Crippen molar-refractivity contribution in [3.63, 3.8) is 0 Å². The predicted molar refractivity (Wildman–Crippen MR) is 110 cm³/mol. The number of aliphatic hydroxyl groups excluding tert-OH is 1. The molecule has 2 N–H and O–H groups in total. The lowest BCUT2D eigenvalue weighted by Crippen LogP contribution is -3.13. The number of nitrogens with zero attached hydrogens (tertiary/aromatic N) is 3. The average molecular weight is 412 g/mol. The molecule has 1 fully saturated rings. The molecule has 3 heterocycles. The van der Waals surface area contributed by atoms with Crippen molar-refractivity contribution in [2.45, 2.75) is 25.6 Å². The van der Waals surface area contributed by atoms with E-state index < -0.39 is 0 Å². The molecule has 0 spiro atoms. The molecule has 150 valence electrons. The summed E-state index contributed by atoms with van der Waals surface area (Å²) in [5.74, 6) is 2.22. The number of fused-ring (bicyclic) bond motifs is 1. The second-order valence-corrected chi connectivity index (χ2v) is 7.87. The Balaban J connectivity index is 1.58. The van der Waals surface area contributed by atoms with E-state index in [-0.39, 0.29) is 12.9 Å². The van der Waals surface area contributed by atoms with E-state index in [4.69, 9.17) is 26.8 Å². The first-order chi connectivity index (χ1) is 14.2. The Morgan fingerprint density at radius 2 is 1.97 bits per heavy atom. The average Bonchev–Trinajstić information content (AvgIpc) is 3.33. The van der Waals surface area contributed by atoms with Crippen molar-refractivity contribution in [3.8, 4) is 28.6 Å². The van der Waals surface area contributed by atoms with E-state index in [2.05, 4.69) is 0 Å². The summed E-state index contributed by atoms with van der Waals surface area (Å²) in [7, 11) is 0. The van der Waals surface area contributed by atoms with E-state index in [0.717, 1.165) is 48.8 Å². The van der Waals surface area contributed by atoms with Gasteiger partial charge in [-0.25, -0.2) is 0 Å². The van der Waals surface area contributed by atoms with Gasteiger partial charge < -0.3 is 19.5 Å². The van der Waals surface area contributed by atoms with Crippen LogP contribution in [0.15, 0.2) is 48.5 Å². The molecule has 1 unspecified atom stereocenters. The normalized spacial score (nSPS) is 20.7. The second kappa shape index (κ2) is 7.62. The highest BCUT2D eigenvalue weighted by Crippen LogP contribution is 2.36. The predicted octanol–water partition coefficient (Wildman–Crippen LogP) is 1.80. The standard InChI is InChI=1S/C21H22N4O3S/c26-17-7-4-10-23(12-17)13-24-21(29)25(16-5-2-1-3-6-16)20(22-24)15-8-9-18-19(11-15)28-14-27-18/h1-3,5-6,8-9,11,17,26H,4,7,10,12-14H2/p+1/t17-/m1/s1. The van der Waals surface area contributed by atoms with Crippen LogP contribution < -0.4 is 14.4 Å². The van der Waals surface area contributed by atoms with E-state index >= 15 is 0 Å². The van der Waals surface area contributed by atoms with Crippen LogP contribution in [0, 0.1) is 4.77 Å². The fourth-order valence-corrected chi connectivity index (χ4v) is 4.32. The Kier molecular flexibility index (Phi) is 4.83. The SMILES string of the molecule is O[C@@H]1CCC[NH+](Cn2nc(-c3ccc4c(c3)OCO4)n(-c3ccccc3)c2=S)C1. The second-order valence-electron chi connectivity index (χ2n) is 7.50. The van der Waals surface area contributed by atoms with Crippen molar-refractivity contribution in [1.82, 2.24) is 14.3 Å². The van der Waals surface area contributed by atoms with Gasteiger partial charge in [-0.1, -0.05) is 18.2 Å². The third-order valence-electron chi connectivity index (χ3n) is 5.45. The minimum Gasteiger partial charge on any atom is -0.454 e. The number of aromatic nitrogens is 3. The van der Waals surface area contributed by atoms with Gasteiger partial charge in [-0.3, -0.25) is 4.57 Å². The molecule has 8 heteroatoms. The molecular formula is C21H23N4O3S+. The molecule has 1 aromatic heterocycles. The van der Waals surface area contributed by atoms with Crippen LogP contribution in [0.25, 0.3) is 17.1 Å². The van der Waals surface area contributed by atoms with Crippen molar-refractivity contribution in [2.75, 3.05) is 19.9 Å². The first kappa shape index (κ1) is 18.4. The summed E-state index contributed by atoms with van der Waals surface area (Å²) in [5, 5.41) is 14.9. The molecule has 0 amide bonds. The maximum absolute atomic E-state index is 10.0. The number of nitrogens with one attached hydrogen (secondary N) is 1. The number of aliphatic hydroxyl groups is 1. The molecule has 7 nitrogen and oxygen atoms in total. The largest absolute Gasteiger partial charge is 0.454 e.